The third kappa shape index (κ3) is 1.66. The van der Waals surface area contributed by atoms with E-state index in [0.717, 1.165) is 22.9 Å². The van der Waals surface area contributed by atoms with Gasteiger partial charge in [-0.05, 0) is 0 Å². The standard InChI is InChI=1S/C8H11N5S/c1-2-7-11-8(14-12-7)13-5-6(3-9)4-10-13/h4-5H,2-3,9H2,1H3. The van der Waals surface area contributed by atoms with Gasteiger partial charge in [0.15, 0.2) is 0 Å². The van der Waals surface area contributed by atoms with E-state index in [1.807, 2.05) is 13.1 Å². The number of aromatic nitrogens is 4. The Bertz CT molecular complexity index is 379. The summed E-state index contributed by atoms with van der Waals surface area (Å²) in [5, 5.41) is 4.94. The molecule has 0 amide bonds. The molecular weight excluding hydrogens is 198 g/mol. The van der Waals surface area contributed by atoms with E-state index in [1.54, 1.807) is 10.9 Å². The van der Waals surface area contributed by atoms with Crippen LogP contribution in [0.25, 0.3) is 5.13 Å². The summed E-state index contributed by atoms with van der Waals surface area (Å²) in [6.45, 7) is 2.53. The highest BCUT2D eigenvalue weighted by Crippen LogP contribution is 2.11. The first kappa shape index (κ1) is 9.29. The van der Waals surface area contributed by atoms with E-state index in [0.29, 0.717) is 6.54 Å². The maximum absolute atomic E-state index is 5.49. The van der Waals surface area contributed by atoms with Crippen LogP contribution in [-0.4, -0.2) is 19.1 Å². The summed E-state index contributed by atoms with van der Waals surface area (Å²) in [5.74, 6) is 0.856. The number of nitrogens with two attached hydrogens (primary N) is 1. The summed E-state index contributed by atoms with van der Waals surface area (Å²) in [4.78, 5) is 4.31. The minimum Gasteiger partial charge on any atom is -0.326 e. The van der Waals surface area contributed by atoms with Gasteiger partial charge in [0.05, 0.1) is 6.20 Å². The Balaban J connectivity index is 2.29. The summed E-state index contributed by atoms with van der Waals surface area (Å²) in [6, 6.07) is 0. The van der Waals surface area contributed by atoms with Gasteiger partial charge < -0.3 is 5.73 Å². The van der Waals surface area contributed by atoms with Crippen LogP contribution in [0, 0.1) is 0 Å². The van der Waals surface area contributed by atoms with Crippen LogP contribution in [0.1, 0.15) is 18.3 Å². The van der Waals surface area contributed by atoms with E-state index >= 15 is 0 Å². The fourth-order valence-electron chi connectivity index (χ4n) is 1.05. The monoisotopic (exact) mass is 209 g/mol. The average molecular weight is 209 g/mol. The van der Waals surface area contributed by atoms with Crippen molar-refractivity contribution in [1.29, 1.82) is 0 Å². The smallest absolute Gasteiger partial charge is 0.230 e. The molecule has 0 aliphatic rings. The van der Waals surface area contributed by atoms with Crippen LogP contribution < -0.4 is 5.73 Å². The molecule has 0 spiro atoms. The van der Waals surface area contributed by atoms with Crippen LogP contribution in [0.5, 0.6) is 0 Å². The van der Waals surface area contributed by atoms with Crippen LogP contribution in [0.15, 0.2) is 12.4 Å². The molecule has 2 rings (SSSR count). The van der Waals surface area contributed by atoms with Crippen molar-refractivity contribution >= 4 is 11.5 Å². The zero-order chi connectivity index (χ0) is 9.97. The average Bonchev–Trinajstić information content (AvgIpc) is 2.86. The second kappa shape index (κ2) is 3.85. The summed E-state index contributed by atoms with van der Waals surface area (Å²) in [6.07, 6.45) is 4.47. The lowest BCUT2D eigenvalue weighted by Crippen LogP contribution is -1.95. The third-order valence-electron chi connectivity index (χ3n) is 1.84. The van der Waals surface area contributed by atoms with Crippen molar-refractivity contribution in [3.8, 4) is 5.13 Å². The van der Waals surface area contributed by atoms with Gasteiger partial charge in [0.1, 0.15) is 5.82 Å². The van der Waals surface area contributed by atoms with Gasteiger partial charge in [-0.25, -0.2) is 9.67 Å². The second-order valence-corrected chi connectivity index (χ2v) is 3.57. The Morgan fingerprint density at radius 2 is 2.43 bits per heavy atom. The largest absolute Gasteiger partial charge is 0.326 e. The Labute approximate surface area is 85.8 Å². The van der Waals surface area contributed by atoms with Crippen molar-refractivity contribution in [2.45, 2.75) is 19.9 Å². The van der Waals surface area contributed by atoms with Gasteiger partial charge in [-0.1, -0.05) is 6.92 Å². The molecule has 74 valence electrons. The molecule has 2 aromatic rings. The first-order valence-corrected chi connectivity index (χ1v) is 5.17. The van der Waals surface area contributed by atoms with Crippen molar-refractivity contribution in [3.63, 3.8) is 0 Å². The highest BCUT2D eigenvalue weighted by atomic mass is 32.1. The number of hydrogen-bond donors (Lipinski definition) is 1. The molecule has 0 radical (unpaired) electrons. The number of aryl methyl sites for hydroxylation is 1. The van der Waals surface area contributed by atoms with Crippen LogP contribution in [0.2, 0.25) is 0 Å². The molecule has 14 heavy (non-hydrogen) atoms. The van der Waals surface area contributed by atoms with Gasteiger partial charge >= 0.3 is 0 Å². The fraction of sp³-hybridized carbons (Fsp3) is 0.375. The van der Waals surface area contributed by atoms with Gasteiger partial charge in [0, 0.05) is 36.3 Å². The first-order chi connectivity index (χ1) is 6.83. The normalized spacial score (nSPS) is 10.7. The molecule has 2 heterocycles. The number of hydrogen-bond acceptors (Lipinski definition) is 5. The van der Waals surface area contributed by atoms with Crippen LogP contribution in [-0.2, 0) is 13.0 Å². The predicted molar refractivity (Wildman–Crippen MR) is 54.3 cm³/mol. The quantitative estimate of drug-likeness (QED) is 0.809. The van der Waals surface area contributed by atoms with Crippen LogP contribution >= 0.6 is 11.5 Å². The topological polar surface area (TPSA) is 69.6 Å². The molecule has 0 bridgehead atoms. The maximum atomic E-state index is 5.49. The zero-order valence-electron chi connectivity index (χ0n) is 7.84. The van der Waals surface area contributed by atoms with Gasteiger partial charge in [0.2, 0.25) is 5.13 Å². The zero-order valence-corrected chi connectivity index (χ0v) is 8.66. The SMILES string of the molecule is CCc1nsc(-n2cc(CN)cn2)n1. The molecule has 0 atom stereocenters. The van der Waals surface area contributed by atoms with Gasteiger partial charge in [0.25, 0.3) is 0 Å². The summed E-state index contributed by atoms with van der Waals surface area (Å²) in [7, 11) is 0. The Kier molecular flexibility index (Phi) is 2.55. The number of rotatable bonds is 3. The van der Waals surface area contributed by atoms with Gasteiger partial charge in [-0.15, -0.1) is 0 Å². The lowest BCUT2D eigenvalue weighted by molar-refractivity contribution is 0.854. The molecule has 0 unspecified atom stereocenters. The molecule has 0 saturated heterocycles. The second-order valence-electron chi connectivity index (χ2n) is 2.84. The maximum Gasteiger partial charge on any atom is 0.230 e. The Hall–Kier alpha value is -1.27. The molecule has 5 nitrogen and oxygen atoms in total. The predicted octanol–water partition coefficient (Wildman–Crippen LogP) is 0.745. The van der Waals surface area contributed by atoms with Gasteiger partial charge in [-0.3, -0.25) is 0 Å². The number of nitrogens with zero attached hydrogens (tertiary/aromatic N) is 4. The van der Waals surface area contributed by atoms with Crippen LogP contribution in [0.3, 0.4) is 0 Å². The molecule has 0 saturated carbocycles. The first-order valence-electron chi connectivity index (χ1n) is 4.40. The van der Waals surface area contributed by atoms with E-state index < -0.39 is 0 Å². The van der Waals surface area contributed by atoms with E-state index in [2.05, 4.69) is 14.5 Å². The molecule has 2 aromatic heterocycles. The van der Waals surface area contributed by atoms with Gasteiger partial charge in [-0.2, -0.15) is 9.47 Å². The van der Waals surface area contributed by atoms with Crippen LogP contribution in [0.4, 0.5) is 0 Å². The molecule has 2 N–H and O–H groups in total. The molecule has 0 aliphatic carbocycles. The van der Waals surface area contributed by atoms with E-state index in [-0.39, 0.29) is 0 Å². The molecule has 0 aliphatic heterocycles. The third-order valence-corrected chi connectivity index (χ3v) is 2.59. The van der Waals surface area contributed by atoms with E-state index in [9.17, 15) is 0 Å². The lowest BCUT2D eigenvalue weighted by Gasteiger charge is -1.90. The lowest BCUT2D eigenvalue weighted by atomic mass is 10.4. The van der Waals surface area contributed by atoms with Crippen molar-refractivity contribution in [1.82, 2.24) is 19.1 Å². The molecule has 0 aromatic carbocycles. The van der Waals surface area contributed by atoms with Crippen molar-refractivity contribution in [2.24, 2.45) is 5.73 Å². The van der Waals surface area contributed by atoms with E-state index in [1.165, 1.54) is 11.5 Å². The fourth-order valence-corrected chi connectivity index (χ4v) is 1.74. The van der Waals surface area contributed by atoms with E-state index in [4.69, 9.17) is 5.73 Å². The van der Waals surface area contributed by atoms with Crippen molar-refractivity contribution < 1.29 is 0 Å². The molecule has 6 heteroatoms. The minimum atomic E-state index is 0.499. The Morgan fingerprint density at radius 1 is 1.57 bits per heavy atom. The van der Waals surface area contributed by atoms with Crippen molar-refractivity contribution in [2.75, 3.05) is 0 Å². The summed E-state index contributed by atoms with van der Waals surface area (Å²) in [5.41, 5.74) is 6.49. The van der Waals surface area contributed by atoms with Crippen molar-refractivity contribution in [3.05, 3.63) is 23.8 Å². The molecule has 0 fully saturated rings. The summed E-state index contributed by atoms with van der Waals surface area (Å²) < 4.78 is 5.89. The Morgan fingerprint density at radius 3 is 3.00 bits per heavy atom. The highest BCUT2D eigenvalue weighted by molar-refractivity contribution is 7.08. The minimum absolute atomic E-state index is 0.499. The highest BCUT2D eigenvalue weighted by Gasteiger charge is 2.05. The molecular formula is C8H11N5S. The summed E-state index contributed by atoms with van der Waals surface area (Å²) >= 11 is 1.35.